The largest absolute Gasteiger partial charge is 0.493 e. The number of rotatable bonds is 3. The molecule has 0 unspecified atom stereocenters. The van der Waals surface area contributed by atoms with Gasteiger partial charge in [0.25, 0.3) is 0 Å². The minimum Gasteiger partial charge on any atom is -0.493 e. The summed E-state index contributed by atoms with van der Waals surface area (Å²) in [6.45, 7) is 4.71. The summed E-state index contributed by atoms with van der Waals surface area (Å²) in [5, 5.41) is 2.82. The number of ether oxygens (including phenoxy) is 1. The van der Waals surface area contributed by atoms with E-state index < -0.39 is 0 Å². The fourth-order valence-electron chi connectivity index (χ4n) is 3.44. The summed E-state index contributed by atoms with van der Waals surface area (Å²) in [6.07, 6.45) is 0.987. The van der Waals surface area contributed by atoms with E-state index in [1.54, 1.807) is 17.0 Å². The predicted octanol–water partition coefficient (Wildman–Crippen LogP) is 3.11. The maximum Gasteiger partial charge on any atom is 0.321 e. The Bertz CT molecular complexity index is 786. The van der Waals surface area contributed by atoms with Crippen LogP contribution in [0.5, 0.6) is 5.75 Å². The highest BCUT2D eigenvalue weighted by molar-refractivity contribution is 5.89. The number of carbonyl (C=O) groups is 1. The molecule has 4 rings (SSSR count). The van der Waals surface area contributed by atoms with Gasteiger partial charge in [-0.15, -0.1) is 0 Å². The Hall–Kier alpha value is -2.60. The van der Waals surface area contributed by atoms with Crippen molar-refractivity contribution in [2.75, 3.05) is 38.1 Å². The number of anilines is 1. The molecule has 2 amide bonds. The van der Waals surface area contributed by atoms with Gasteiger partial charge in [-0.2, -0.15) is 0 Å². The molecular weight excluding hydrogens is 333 g/mol. The van der Waals surface area contributed by atoms with Crippen LogP contribution in [0.1, 0.15) is 11.1 Å². The van der Waals surface area contributed by atoms with E-state index in [2.05, 4.69) is 28.4 Å². The summed E-state index contributed by atoms with van der Waals surface area (Å²) in [6, 6.07) is 12.1. The summed E-state index contributed by atoms with van der Waals surface area (Å²) in [4.78, 5) is 16.5. The Labute approximate surface area is 152 Å². The molecule has 0 aliphatic carbocycles. The van der Waals surface area contributed by atoms with E-state index in [9.17, 15) is 9.18 Å². The number of amides is 2. The molecule has 0 saturated carbocycles. The molecule has 2 aromatic carbocycles. The number of nitrogens with one attached hydrogen (secondary N) is 1. The number of fused-ring (bicyclic) bond motifs is 1. The number of piperazine rings is 1. The molecule has 2 aromatic rings. The summed E-state index contributed by atoms with van der Waals surface area (Å²) in [5.41, 5.74) is 3.19. The number of urea groups is 1. The summed E-state index contributed by atoms with van der Waals surface area (Å²) >= 11 is 0. The van der Waals surface area contributed by atoms with Crippen LogP contribution < -0.4 is 10.1 Å². The van der Waals surface area contributed by atoms with Crippen molar-refractivity contribution >= 4 is 11.7 Å². The first-order valence-electron chi connectivity index (χ1n) is 8.96. The SMILES string of the molecule is O=C(Nc1ccc(F)cc1)N1CCN(Cc2ccc3c(c2)CCO3)CC1. The van der Waals surface area contributed by atoms with Crippen LogP contribution in [0.2, 0.25) is 0 Å². The van der Waals surface area contributed by atoms with E-state index in [-0.39, 0.29) is 11.8 Å². The van der Waals surface area contributed by atoms with Crippen molar-refractivity contribution in [3.63, 3.8) is 0 Å². The number of carbonyl (C=O) groups excluding carboxylic acids is 1. The normalized spacial score (nSPS) is 16.9. The van der Waals surface area contributed by atoms with Gasteiger partial charge in [-0.3, -0.25) is 4.90 Å². The highest BCUT2D eigenvalue weighted by Gasteiger charge is 2.22. The van der Waals surface area contributed by atoms with Gasteiger partial charge in [0.2, 0.25) is 0 Å². The minimum absolute atomic E-state index is 0.133. The molecule has 6 heteroatoms. The lowest BCUT2D eigenvalue weighted by Gasteiger charge is -2.34. The van der Waals surface area contributed by atoms with E-state index in [0.29, 0.717) is 18.8 Å². The summed E-state index contributed by atoms with van der Waals surface area (Å²) in [5.74, 6) is 0.700. The molecular formula is C20H22FN3O2. The molecule has 1 saturated heterocycles. The molecule has 5 nitrogen and oxygen atoms in total. The Morgan fingerprint density at radius 2 is 1.85 bits per heavy atom. The second-order valence-electron chi connectivity index (χ2n) is 6.74. The second-order valence-corrected chi connectivity index (χ2v) is 6.74. The fourth-order valence-corrected chi connectivity index (χ4v) is 3.44. The van der Waals surface area contributed by atoms with Crippen molar-refractivity contribution in [1.82, 2.24) is 9.80 Å². The molecule has 2 heterocycles. The third kappa shape index (κ3) is 3.80. The zero-order valence-electron chi connectivity index (χ0n) is 14.6. The first-order chi connectivity index (χ1) is 12.7. The lowest BCUT2D eigenvalue weighted by atomic mass is 10.1. The molecule has 1 N–H and O–H groups in total. The van der Waals surface area contributed by atoms with E-state index in [1.165, 1.54) is 23.3 Å². The third-order valence-electron chi connectivity index (χ3n) is 4.92. The van der Waals surface area contributed by atoms with Gasteiger partial charge in [0, 0.05) is 44.8 Å². The monoisotopic (exact) mass is 355 g/mol. The molecule has 26 heavy (non-hydrogen) atoms. The van der Waals surface area contributed by atoms with Crippen molar-refractivity contribution in [2.24, 2.45) is 0 Å². The fraction of sp³-hybridized carbons (Fsp3) is 0.350. The van der Waals surface area contributed by atoms with Crippen molar-refractivity contribution in [3.8, 4) is 5.75 Å². The van der Waals surface area contributed by atoms with Crippen LogP contribution in [0.3, 0.4) is 0 Å². The van der Waals surface area contributed by atoms with Crippen LogP contribution in [0.15, 0.2) is 42.5 Å². The Morgan fingerprint density at radius 1 is 1.08 bits per heavy atom. The average molecular weight is 355 g/mol. The van der Waals surface area contributed by atoms with Gasteiger partial charge < -0.3 is 15.0 Å². The Morgan fingerprint density at radius 3 is 2.62 bits per heavy atom. The lowest BCUT2D eigenvalue weighted by molar-refractivity contribution is 0.143. The lowest BCUT2D eigenvalue weighted by Crippen LogP contribution is -2.49. The number of hydrogen-bond donors (Lipinski definition) is 1. The molecule has 136 valence electrons. The first-order valence-corrected chi connectivity index (χ1v) is 8.96. The Kier molecular flexibility index (Phi) is 4.75. The maximum atomic E-state index is 12.9. The highest BCUT2D eigenvalue weighted by atomic mass is 19.1. The van der Waals surface area contributed by atoms with Gasteiger partial charge in [0.05, 0.1) is 6.61 Å². The predicted molar refractivity (Wildman–Crippen MR) is 97.9 cm³/mol. The summed E-state index contributed by atoms with van der Waals surface area (Å²) < 4.78 is 18.5. The van der Waals surface area contributed by atoms with E-state index >= 15 is 0 Å². The van der Waals surface area contributed by atoms with E-state index in [1.807, 2.05) is 0 Å². The number of halogens is 1. The molecule has 0 radical (unpaired) electrons. The van der Waals surface area contributed by atoms with Crippen molar-refractivity contribution in [2.45, 2.75) is 13.0 Å². The van der Waals surface area contributed by atoms with Crippen LogP contribution >= 0.6 is 0 Å². The second kappa shape index (κ2) is 7.33. The summed E-state index contributed by atoms with van der Waals surface area (Å²) in [7, 11) is 0. The van der Waals surface area contributed by atoms with Gasteiger partial charge >= 0.3 is 6.03 Å². The highest BCUT2D eigenvalue weighted by Crippen LogP contribution is 2.26. The van der Waals surface area contributed by atoms with Gasteiger partial charge in [-0.1, -0.05) is 12.1 Å². The molecule has 2 aliphatic heterocycles. The number of hydrogen-bond acceptors (Lipinski definition) is 3. The molecule has 0 spiro atoms. The zero-order chi connectivity index (χ0) is 17.9. The van der Waals surface area contributed by atoms with Gasteiger partial charge in [0.1, 0.15) is 11.6 Å². The average Bonchev–Trinajstić information content (AvgIpc) is 3.12. The molecule has 1 fully saturated rings. The van der Waals surface area contributed by atoms with Gasteiger partial charge in [-0.05, 0) is 41.5 Å². The quantitative estimate of drug-likeness (QED) is 0.920. The van der Waals surface area contributed by atoms with Crippen LogP contribution in [-0.4, -0.2) is 48.6 Å². The van der Waals surface area contributed by atoms with E-state index in [0.717, 1.165) is 38.4 Å². The van der Waals surface area contributed by atoms with Crippen molar-refractivity contribution < 1.29 is 13.9 Å². The van der Waals surface area contributed by atoms with Crippen LogP contribution in [0.4, 0.5) is 14.9 Å². The standard InChI is InChI=1S/C20H22FN3O2/c21-17-2-4-18(5-3-17)22-20(25)24-10-8-23(9-11-24)14-15-1-6-19-16(13-15)7-12-26-19/h1-6,13H,7-12,14H2,(H,22,25). The minimum atomic E-state index is -0.310. The Balaban J connectivity index is 1.28. The zero-order valence-corrected chi connectivity index (χ0v) is 14.6. The van der Waals surface area contributed by atoms with Gasteiger partial charge in [0.15, 0.2) is 0 Å². The molecule has 0 bridgehead atoms. The van der Waals surface area contributed by atoms with E-state index in [4.69, 9.17) is 4.74 Å². The molecule has 2 aliphatic rings. The van der Waals surface area contributed by atoms with Crippen molar-refractivity contribution in [3.05, 3.63) is 59.4 Å². The molecule has 0 atom stereocenters. The number of nitrogens with zero attached hydrogens (tertiary/aromatic N) is 2. The van der Waals surface area contributed by atoms with Crippen molar-refractivity contribution in [1.29, 1.82) is 0 Å². The third-order valence-corrected chi connectivity index (χ3v) is 4.92. The first kappa shape index (κ1) is 16.8. The maximum absolute atomic E-state index is 12.9. The van der Waals surface area contributed by atoms with Crippen LogP contribution in [-0.2, 0) is 13.0 Å². The van der Waals surface area contributed by atoms with Crippen LogP contribution in [0.25, 0.3) is 0 Å². The molecule has 0 aromatic heterocycles. The topological polar surface area (TPSA) is 44.8 Å². The number of benzene rings is 2. The smallest absolute Gasteiger partial charge is 0.321 e. The van der Waals surface area contributed by atoms with Crippen LogP contribution in [0, 0.1) is 5.82 Å². The van der Waals surface area contributed by atoms with Gasteiger partial charge in [-0.25, -0.2) is 9.18 Å².